The van der Waals surface area contributed by atoms with Gasteiger partial charge in [-0.25, -0.2) is 4.68 Å². The highest BCUT2D eigenvalue weighted by Gasteiger charge is 2.26. The monoisotopic (exact) mass is 340 g/mol. The van der Waals surface area contributed by atoms with Crippen molar-refractivity contribution in [2.24, 2.45) is 0 Å². The van der Waals surface area contributed by atoms with Crippen molar-refractivity contribution in [1.82, 2.24) is 19.6 Å². The van der Waals surface area contributed by atoms with Gasteiger partial charge in [0.25, 0.3) is 5.91 Å². The fraction of sp³-hybridized carbons (Fsp3) is 0.421. The van der Waals surface area contributed by atoms with Gasteiger partial charge in [0.15, 0.2) is 5.69 Å². The third-order valence-electron chi connectivity index (χ3n) is 4.64. The average Bonchev–Trinajstić information content (AvgIpc) is 2.62. The maximum atomic E-state index is 12.8. The van der Waals surface area contributed by atoms with Crippen molar-refractivity contribution < 1.29 is 4.79 Å². The number of benzene rings is 1. The van der Waals surface area contributed by atoms with Crippen LogP contribution >= 0.6 is 0 Å². The van der Waals surface area contributed by atoms with Crippen LogP contribution in [0.1, 0.15) is 30.0 Å². The summed E-state index contributed by atoms with van der Waals surface area (Å²) in [6.07, 6.45) is 0. The van der Waals surface area contributed by atoms with E-state index in [9.17, 15) is 9.59 Å². The summed E-state index contributed by atoms with van der Waals surface area (Å²) in [6.45, 7) is 9.01. The minimum atomic E-state index is -0.319. The summed E-state index contributed by atoms with van der Waals surface area (Å²) in [4.78, 5) is 29.2. The first-order chi connectivity index (χ1) is 12.0. The van der Waals surface area contributed by atoms with E-state index in [1.54, 1.807) is 9.58 Å². The standard InChI is InChI=1S/C19H24N4O2/c1-14(2)21-9-11-22(12-10-21)19(25)18-17(24)13-15(3)23(20-18)16-7-5-4-6-8-16/h4-8,13-14H,9-12H2,1-3H3. The van der Waals surface area contributed by atoms with Crippen LogP contribution in [0.25, 0.3) is 5.69 Å². The molecule has 6 heteroatoms. The lowest BCUT2D eigenvalue weighted by Gasteiger charge is -2.36. The SMILES string of the molecule is Cc1cc(=O)c(C(=O)N2CCN(C(C)C)CC2)nn1-c1ccccc1. The zero-order valence-corrected chi connectivity index (χ0v) is 15.0. The molecule has 1 aromatic carbocycles. The van der Waals surface area contributed by atoms with E-state index in [-0.39, 0.29) is 17.0 Å². The van der Waals surface area contributed by atoms with Gasteiger partial charge in [-0.3, -0.25) is 14.5 Å². The second-order valence-electron chi connectivity index (χ2n) is 6.67. The summed E-state index contributed by atoms with van der Waals surface area (Å²) in [6, 6.07) is 11.5. The fourth-order valence-corrected chi connectivity index (χ4v) is 3.12. The van der Waals surface area contributed by atoms with Crippen molar-refractivity contribution in [3.8, 4) is 5.69 Å². The van der Waals surface area contributed by atoms with Crippen LogP contribution in [0.4, 0.5) is 0 Å². The normalized spacial score (nSPS) is 15.6. The van der Waals surface area contributed by atoms with Gasteiger partial charge in [0.1, 0.15) is 0 Å². The zero-order chi connectivity index (χ0) is 18.0. The Morgan fingerprint density at radius 1 is 1.08 bits per heavy atom. The maximum absolute atomic E-state index is 12.8. The molecule has 0 bridgehead atoms. The Bertz CT molecular complexity index is 806. The average molecular weight is 340 g/mol. The molecule has 1 fully saturated rings. The van der Waals surface area contributed by atoms with Crippen LogP contribution in [0, 0.1) is 6.92 Å². The number of nitrogens with zero attached hydrogens (tertiary/aromatic N) is 4. The largest absolute Gasteiger partial charge is 0.335 e. The Labute approximate surface area is 147 Å². The molecule has 0 aliphatic carbocycles. The van der Waals surface area contributed by atoms with Crippen LogP contribution in [0.3, 0.4) is 0 Å². The number of carbonyl (C=O) groups excluding carboxylic acids is 1. The van der Waals surface area contributed by atoms with Crippen LogP contribution in [0.5, 0.6) is 0 Å². The second-order valence-corrected chi connectivity index (χ2v) is 6.67. The van der Waals surface area contributed by atoms with Gasteiger partial charge in [0.2, 0.25) is 5.43 Å². The molecule has 0 unspecified atom stereocenters. The van der Waals surface area contributed by atoms with E-state index in [0.29, 0.717) is 24.8 Å². The summed E-state index contributed by atoms with van der Waals surface area (Å²) in [5.41, 5.74) is 1.21. The summed E-state index contributed by atoms with van der Waals surface area (Å²) in [5, 5.41) is 4.37. The van der Waals surface area contributed by atoms with Crippen LogP contribution < -0.4 is 5.43 Å². The summed E-state index contributed by atoms with van der Waals surface area (Å²) in [7, 11) is 0. The van der Waals surface area contributed by atoms with Crippen molar-refractivity contribution in [3.63, 3.8) is 0 Å². The van der Waals surface area contributed by atoms with Gasteiger partial charge in [-0.1, -0.05) is 18.2 Å². The van der Waals surface area contributed by atoms with Gasteiger partial charge in [0, 0.05) is 44.0 Å². The molecule has 1 aromatic heterocycles. The molecule has 1 saturated heterocycles. The highest BCUT2D eigenvalue weighted by Crippen LogP contribution is 2.11. The van der Waals surface area contributed by atoms with E-state index < -0.39 is 0 Å². The number of aromatic nitrogens is 2. The maximum Gasteiger partial charge on any atom is 0.278 e. The number of hydrogen-bond acceptors (Lipinski definition) is 4. The van der Waals surface area contributed by atoms with Crippen LogP contribution in [-0.4, -0.2) is 57.7 Å². The Kier molecular flexibility index (Phi) is 4.99. The first-order valence-electron chi connectivity index (χ1n) is 8.67. The predicted molar refractivity (Wildman–Crippen MR) is 97.2 cm³/mol. The molecule has 0 N–H and O–H groups in total. The molecular formula is C19H24N4O2. The van der Waals surface area contributed by atoms with Crippen molar-refractivity contribution in [2.75, 3.05) is 26.2 Å². The molecule has 0 atom stereocenters. The van der Waals surface area contributed by atoms with E-state index in [2.05, 4.69) is 23.8 Å². The Hall–Kier alpha value is -2.47. The third-order valence-corrected chi connectivity index (χ3v) is 4.64. The first-order valence-corrected chi connectivity index (χ1v) is 8.67. The zero-order valence-electron chi connectivity index (χ0n) is 15.0. The minimum absolute atomic E-state index is 0.00699. The molecule has 3 rings (SSSR count). The molecule has 0 radical (unpaired) electrons. The number of hydrogen-bond donors (Lipinski definition) is 0. The molecule has 2 aromatic rings. The lowest BCUT2D eigenvalue weighted by molar-refractivity contribution is 0.0586. The highest BCUT2D eigenvalue weighted by atomic mass is 16.2. The number of para-hydroxylation sites is 1. The molecule has 132 valence electrons. The van der Waals surface area contributed by atoms with Crippen LogP contribution in [-0.2, 0) is 0 Å². The lowest BCUT2D eigenvalue weighted by atomic mass is 10.2. The molecule has 2 heterocycles. The highest BCUT2D eigenvalue weighted by molar-refractivity contribution is 5.92. The molecule has 0 saturated carbocycles. The molecule has 1 aliphatic heterocycles. The minimum Gasteiger partial charge on any atom is -0.335 e. The number of piperazine rings is 1. The van der Waals surface area contributed by atoms with Crippen LogP contribution in [0.15, 0.2) is 41.2 Å². The van der Waals surface area contributed by atoms with Crippen molar-refractivity contribution in [3.05, 3.63) is 58.0 Å². The van der Waals surface area contributed by atoms with E-state index in [1.807, 2.05) is 37.3 Å². The van der Waals surface area contributed by atoms with Crippen LogP contribution in [0.2, 0.25) is 0 Å². The fourth-order valence-electron chi connectivity index (χ4n) is 3.12. The number of amides is 1. The summed E-state index contributed by atoms with van der Waals surface area (Å²) >= 11 is 0. The smallest absolute Gasteiger partial charge is 0.278 e. The number of carbonyl (C=O) groups is 1. The van der Waals surface area contributed by atoms with Gasteiger partial charge in [-0.15, -0.1) is 0 Å². The summed E-state index contributed by atoms with van der Waals surface area (Å²) in [5.74, 6) is -0.280. The Morgan fingerprint density at radius 2 is 1.72 bits per heavy atom. The summed E-state index contributed by atoms with van der Waals surface area (Å²) < 4.78 is 1.65. The number of aryl methyl sites for hydroxylation is 1. The first kappa shape index (κ1) is 17.4. The van der Waals surface area contributed by atoms with Gasteiger partial charge in [0.05, 0.1) is 5.69 Å². The van der Waals surface area contributed by atoms with Gasteiger partial charge in [-0.2, -0.15) is 5.10 Å². The third kappa shape index (κ3) is 3.64. The second kappa shape index (κ2) is 7.19. The van der Waals surface area contributed by atoms with Crippen molar-refractivity contribution in [1.29, 1.82) is 0 Å². The van der Waals surface area contributed by atoms with E-state index in [4.69, 9.17) is 0 Å². The van der Waals surface area contributed by atoms with Crippen molar-refractivity contribution in [2.45, 2.75) is 26.8 Å². The molecule has 1 aliphatic rings. The van der Waals surface area contributed by atoms with Gasteiger partial charge in [-0.05, 0) is 32.9 Å². The van der Waals surface area contributed by atoms with Crippen molar-refractivity contribution >= 4 is 5.91 Å². The molecular weight excluding hydrogens is 316 g/mol. The predicted octanol–water partition coefficient (Wildman–Crippen LogP) is 1.71. The van der Waals surface area contributed by atoms with E-state index >= 15 is 0 Å². The van der Waals surface area contributed by atoms with Gasteiger partial charge < -0.3 is 4.90 Å². The topological polar surface area (TPSA) is 58.4 Å². The Morgan fingerprint density at radius 3 is 2.32 bits per heavy atom. The molecule has 6 nitrogen and oxygen atoms in total. The lowest BCUT2D eigenvalue weighted by Crippen LogP contribution is -2.51. The Balaban J connectivity index is 1.87. The van der Waals surface area contributed by atoms with Gasteiger partial charge >= 0.3 is 0 Å². The number of rotatable bonds is 3. The van der Waals surface area contributed by atoms with E-state index in [0.717, 1.165) is 18.8 Å². The van der Waals surface area contributed by atoms with E-state index in [1.165, 1.54) is 6.07 Å². The molecule has 25 heavy (non-hydrogen) atoms. The quantitative estimate of drug-likeness (QED) is 0.853. The molecule has 1 amide bonds. The molecule has 0 spiro atoms.